The Morgan fingerprint density at radius 3 is 2.57 bits per heavy atom. The molecule has 0 saturated carbocycles. The number of carbonyl (C=O) groups is 3. The molecule has 8 nitrogen and oxygen atoms in total. The highest BCUT2D eigenvalue weighted by Gasteiger charge is 2.75. The molecule has 6 atom stereocenters. The third-order valence-corrected chi connectivity index (χ3v) is 8.12. The molecule has 0 aliphatic carbocycles. The second-order valence-electron chi connectivity index (χ2n) is 10.8. The van der Waals surface area contributed by atoms with Gasteiger partial charge in [0.1, 0.15) is 17.6 Å². The first kappa shape index (κ1) is 25.9. The van der Waals surface area contributed by atoms with Gasteiger partial charge in [0.05, 0.1) is 30.8 Å². The normalized spacial score (nSPS) is 37.0. The second kappa shape index (κ2) is 10.1. The molecule has 2 saturated heterocycles. The molecule has 4 heterocycles. The fraction of sp³-hybridized carbons (Fsp3) is 0.741. The van der Waals surface area contributed by atoms with E-state index in [4.69, 9.17) is 9.47 Å². The van der Waals surface area contributed by atoms with Crippen LogP contribution in [0.15, 0.2) is 24.3 Å². The topological polar surface area (TPSA) is 96.4 Å². The number of unbranched alkanes of at least 4 members (excludes halogenated alkanes) is 1. The number of aliphatic hydroxyl groups excluding tert-OH is 1. The molecule has 4 rings (SSSR count). The third kappa shape index (κ3) is 4.22. The van der Waals surface area contributed by atoms with Crippen molar-refractivity contribution in [1.82, 2.24) is 9.80 Å². The van der Waals surface area contributed by atoms with Crippen molar-refractivity contribution in [3.8, 4) is 0 Å². The molecule has 0 aromatic heterocycles. The molecule has 1 unspecified atom stereocenters. The number of nitrogens with zero attached hydrogens (tertiary/aromatic N) is 2. The van der Waals surface area contributed by atoms with Crippen molar-refractivity contribution in [1.29, 1.82) is 0 Å². The first-order valence-corrected chi connectivity index (χ1v) is 13.2. The number of hydrogen-bond acceptors (Lipinski definition) is 6. The maximum absolute atomic E-state index is 14.2. The summed E-state index contributed by atoms with van der Waals surface area (Å²) < 4.78 is 12.4. The highest BCUT2D eigenvalue weighted by molar-refractivity contribution is 5.99. The Labute approximate surface area is 208 Å². The monoisotopic (exact) mass is 488 g/mol. The van der Waals surface area contributed by atoms with E-state index in [2.05, 4.69) is 6.92 Å². The van der Waals surface area contributed by atoms with Gasteiger partial charge in [-0.3, -0.25) is 14.4 Å². The van der Waals surface area contributed by atoms with Gasteiger partial charge in [0.2, 0.25) is 11.8 Å². The van der Waals surface area contributed by atoms with Gasteiger partial charge in [-0.2, -0.15) is 0 Å². The zero-order chi connectivity index (χ0) is 25.4. The molecule has 8 heteroatoms. The summed E-state index contributed by atoms with van der Waals surface area (Å²) in [5.74, 6) is -2.87. The minimum atomic E-state index is -1.31. The van der Waals surface area contributed by atoms with E-state index in [0.717, 1.165) is 32.1 Å². The molecular weight excluding hydrogens is 448 g/mol. The van der Waals surface area contributed by atoms with Crippen LogP contribution in [0.25, 0.3) is 0 Å². The molecule has 2 amide bonds. The van der Waals surface area contributed by atoms with E-state index >= 15 is 0 Å². The van der Waals surface area contributed by atoms with Crippen LogP contribution in [0.4, 0.5) is 0 Å². The third-order valence-electron chi connectivity index (χ3n) is 8.12. The number of rotatable bonds is 6. The van der Waals surface area contributed by atoms with E-state index in [9.17, 15) is 19.5 Å². The van der Waals surface area contributed by atoms with Crippen molar-refractivity contribution in [2.24, 2.45) is 17.8 Å². The SMILES string of the molecule is CCCCN1CC=C[C@]23O[C@@]4(C)/C=C\CCCCOC(=O)[C@H]4[C@H]2C(=O)N([C@@H](CO)C(C)C)C3C1=O. The van der Waals surface area contributed by atoms with Crippen molar-refractivity contribution < 1.29 is 29.0 Å². The van der Waals surface area contributed by atoms with Gasteiger partial charge < -0.3 is 24.4 Å². The molecular formula is C27H40N2O6. The van der Waals surface area contributed by atoms with Gasteiger partial charge >= 0.3 is 5.97 Å². The van der Waals surface area contributed by atoms with Gasteiger partial charge in [-0.25, -0.2) is 0 Å². The van der Waals surface area contributed by atoms with Crippen molar-refractivity contribution >= 4 is 17.8 Å². The predicted molar refractivity (Wildman–Crippen MR) is 130 cm³/mol. The zero-order valence-corrected chi connectivity index (χ0v) is 21.4. The molecule has 1 spiro atoms. The lowest BCUT2D eigenvalue weighted by atomic mass is 9.74. The number of cyclic esters (lactones) is 1. The second-order valence-corrected chi connectivity index (χ2v) is 10.8. The molecule has 1 N–H and O–H groups in total. The van der Waals surface area contributed by atoms with Crippen molar-refractivity contribution in [3.63, 3.8) is 0 Å². The Kier molecular flexibility index (Phi) is 7.44. The standard InChI is InChI=1S/C27H40N2O6/c1-5-6-14-28-15-11-13-27-20(23(31)29(22(27)24(28)32)19(17-30)18(2)3)21-25(33)34-16-10-8-7-9-12-26(21,4)35-27/h9,11-13,18-22,30H,5-8,10,14-17H2,1-4H3/b12-9-/t19-,20-,21+,22?,26-,27-/m0/s1. The number of aliphatic hydroxyl groups is 1. The minimum absolute atomic E-state index is 0.0915. The summed E-state index contributed by atoms with van der Waals surface area (Å²) in [5.41, 5.74) is -2.40. The number of hydrogen-bond donors (Lipinski definition) is 1. The highest BCUT2D eigenvalue weighted by Crippen LogP contribution is 2.57. The van der Waals surface area contributed by atoms with Crippen molar-refractivity contribution in [3.05, 3.63) is 24.3 Å². The Balaban J connectivity index is 1.87. The van der Waals surface area contributed by atoms with Crippen molar-refractivity contribution in [2.45, 2.75) is 83.1 Å². The quantitative estimate of drug-likeness (QED) is 0.456. The largest absolute Gasteiger partial charge is 0.465 e. The van der Waals surface area contributed by atoms with Crippen LogP contribution in [-0.4, -0.2) is 82.3 Å². The lowest BCUT2D eigenvalue weighted by Gasteiger charge is -2.41. The highest BCUT2D eigenvalue weighted by atomic mass is 16.6. The van der Waals surface area contributed by atoms with Crippen molar-refractivity contribution in [2.75, 3.05) is 26.3 Å². The van der Waals surface area contributed by atoms with E-state index in [0.29, 0.717) is 19.7 Å². The Bertz CT molecular complexity index is 900. The number of carbonyl (C=O) groups excluding carboxylic acids is 3. The van der Waals surface area contributed by atoms with E-state index in [1.54, 1.807) is 4.90 Å². The van der Waals surface area contributed by atoms with Gasteiger partial charge in [-0.05, 0) is 38.5 Å². The molecule has 0 aromatic rings. The molecule has 0 bridgehead atoms. The van der Waals surface area contributed by atoms with Crippen LogP contribution < -0.4 is 0 Å². The number of likely N-dealkylation sites (tertiary alicyclic amines) is 1. The van der Waals surface area contributed by atoms with Gasteiger partial charge in [-0.1, -0.05) is 51.5 Å². The summed E-state index contributed by atoms with van der Waals surface area (Å²) in [4.78, 5) is 45.1. The average Bonchev–Trinajstić information content (AvgIpc) is 3.14. The molecule has 4 aliphatic heterocycles. The van der Waals surface area contributed by atoms with E-state index < -0.39 is 41.1 Å². The first-order chi connectivity index (χ1) is 16.7. The number of ether oxygens (including phenoxy) is 2. The molecule has 35 heavy (non-hydrogen) atoms. The molecule has 0 aromatic carbocycles. The first-order valence-electron chi connectivity index (χ1n) is 13.2. The fourth-order valence-electron chi connectivity index (χ4n) is 6.31. The lowest BCUT2D eigenvalue weighted by Crippen LogP contribution is -2.59. The van der Waals surface area contributed by atoms with Crippen LogP contribution in [0.2, 0.25) is 0 Å². The van der Waals surface area contributed by atoms with E-state index in [1.807, 2.05) is 45.1 Å². The molecule has 4 aliphatic rings. The Hall–Kier alpha value is -2.19. The number of amides is 2. The van der Waals surface area contributed by atoms with Crippen LogP contribution in [0.1, 0.15) is 59.8 Å². The van der Waals surface area contributed by atoms with Gasteiger partial charge in [0, 0.05) is 13.1 Å². The fourth-order valence-corrected chi connectivity index (χ4v) is 6.31. The summed E-state index contributed by atoms with van der Waals surface area (Å²) >= 11 is 0. The van der Waals surface area contributed by atoms with Gasteiger partial charge in [0.15, 0.2) is 0 Å². The summed E-state index contributed by atoms with van der Waals surface area (Å²) in [6.07, 6.45) is 11.9. The number of fused-ring (bicyclic) bond motifs is 2. The molecule has 0 radical (unpaired) electrons. The van der Waals surface area contributed by atoms with Gasteiger partial charge in [0.25, 0.3) is 0 Å². The molecule has 2 fully saturated rings. The number of allylic oxidation sites excluding steroid dienone is 1. The summed E-state index contributed by atoms with van der Waals surface area (Å²) in [7, 11) is 0. The smallest absolute Gasteiger partial charge is 0.313 e. The predicted octanol–water partition coefficient (Wildman–Crippen LogP) is 2.46. The van der Waals surface area contributed by atoms with E-state index in [1.165, 1.54) is 4.90 Å². The number of esters is 1. The maximum Gasteiger partial charge on any atom is 0.313 e. The molecule has 194 valence electrons. The van der Waals surface area contributed by atoms with Crippen LogP contribution in [-0.2, 0) is 23.9 Å². The summed E-state index contributed by atoms with van der Waals surface area (Å²) in [5, 5.41) is 10.3. The van der Waals surface area contributed by atoms with Crippen LogP contribution in [0.5, 0.6) is 0 Å². The van der Waals surface area contributed by atoms with Crippen LogP contribution in [0.3, 0.4) is 0 Å². The lowest BCUT2D eigenvalue weighted by molar-refractivity contribution is -0.162. The maximum atomic E-state index is 14.2. The minimum Gasteiger partial charge on any atom is -0.465 e. The average molecular weight is 489 g/mol. The summed E-state index contributed by atoms with van der Waals surface area (Å²) in [6, 6.07) is -1.52. The Morgan fingerprint density at radius 2 is 1.89 bits per heavy atom. The Morgan fingerprint density at radius 1 is 1.11 bits per heavy atom. The van der Waals surface area contributed by atoms with E-state index in [-0.39, 0.29) is 24.3 Å². The van der Waals surface area contributed by atoms with Crippen LogP contribution in [0, 0.1) is 17.8 Å². The zero-order valence-electron chi connectivity index (χ0n) is 21.4. The van der Waals surface area contributed by atoms with Gasteiger partial charge in [-0.15, -0.1) is 0 Å². The summed E-state index contributed by atoms with van der Waals surface area (Å²) in [6.45, 7) is 8.76. The van der Waals surface area contributed by atoms with Crippen LogP contribution >= 0.6 is 0 Å².